The second-order valence-corrected chi connectivity index (χ2v) is 5.50. The van der Waals surface area contributed by atoms with E-state index in [9.17, 15) is 4.79 Å². The number of para-hydroxylation sites is 1. The summed E-state index contributed by atoms with van der Waals surface area (Å²) < 4.78 is 0. The quantitative estimate of drug-likeness (QED) is 0.619. The lowest BCUT2D eigenvalue weighted by molar-refractivity contribution is 0.102. The highest BCUT2D eigenvalue weighted by Gasteiger charge is 2.11. The Morgan fingerprint density at radius 2 is 1.56 bits per heavy atom. The maximum absolute atomic E-state index is 12.6. The number of fused-ring (bicyclic) bond motifs is 1. The summed E-state index contributed by atoms with van der Waals surface area (Å²) in [4.78, 5) is 25.5. The molecule has 5 heteroatoms. The number of anilines is 1. The third-order valence-corrected chi connectivity index (χ3v) is 3.82. The zero-order valence-electron chi connectivity index (χ0n) is 13.3. The van der Waals surface area contributed by atoms with E-state index in [0.29, 0.717) is 22.6 Å². The van der Waals surface area contributed by atoms with Crippen LogP contribution in [-0.2, 0) is 0 Å². The highest BCUT2D eigenvalue weighted by Crippen LogP contribution is 2.18. The Kier molecular flexibility index (Phi) is 3.88. The summed E-state index contributed by atoms with van der Waals surface area (Å²) in [5.74, 6) is 0.380. The third kappa shape index (κ3) is 3.07. The molecule has 2 aromatic heterocycles. The fraction of sp³-hybridized carbons (Fsp3) is 0. The van der Waals surface area contributed by atoms with Crippen LogP contribution in [-0.4, -0.2) is 20.9 Å². The lowest BCUT2D eigenvalue weighted by Gasteiger charge is -2.07. The molecular weight excluding hydrogens is 312 g/mol. The number of amides is 1. The van der Waals surface area contributed by atoms with Crippen molar-refractivity contribution >= 4 is 22.5 Å². The third-order valence-electron chi connectivity index (χ3n) is 3.82. The molecule has 1 amide bonds. The first kappa shape index (κ1) is 15.0. The lowest BCUT2D eigenvalue weighted by atomic mass is 10.1. The molecule has 0 atom stereocenters. The maximum atomic E-state index is 12.6. The highest BCUT2D eigenvalue weighted by atomic mass is 16.1. The van der Waals surface area contributed by atoms with E-state index in [-0.39, 0.29) is 5.91 Å². The Labute approximate surface area is 144 Å². The molecular formula is C20H14N4O. The van der Waals surface area contributed by atoms with Crippen molar-refractivity contribution in [2.75, 3.05) is 5.32 Å². The fourth-order valence-electron chi connectivity index (χ4n) is 2.61. The Morgan fingerprint density at radius 1 is 0.800 bits per heavy atom. The number of carbonyl (C=O) groups is 1. The summed E-state index contributed by atoms with van der Waals surface area (Å²) in [6.07, 6.45) is 4.88. The normalized spacial score (nSPS) is 10.6. The Bertz CT molecular complexity index is 1020. The van der Waals surface area contributed by atoms with Crippen molar-refractivity contribution in [2.24, 2.45) is 0 Å². The fourth-order valence-corrected chi connectivity index (χ4v) is 2.61. The van der Waals surface area contributed by atoms with Gasteiger partial charge in [0, 0.05) is 17.1 Å². The van der Waals surface area contributed by atoms with Gasteiger partial charge >= 0.3 is 0 Å². The molecule has 0 aliphatic heterocycles. The predicted molar refractivity (Wildman–Crippen MR) is 97.2 cm³/mol. The Balaban J connectivity index is 1.58. The molecule has 5 nitrogen and oxygen atoms in total. The van der Waals surface area contributed by atoms with Gasteiger partial charge in [-0.25, -0.2) is 9.97 Å². The molecule has 2 aromatic carbocycles. The second-order valence-electron chi connectivity index (χ2n) is 5.50. The van der Waals surface area contributed by atoms with Gasteiger partial charge in [0.15, 0.2) is 5.82 Å². The zero-order valence-corrected chi connectivity index (χ0v) is 13.3. The van der Waals surface area contributed by atoms with Gasteiger partial charge in [-0.1, -0.05) is 48.5 Å². The Morgan fingerprint density at radius 3 is 2.36 bits per heavy atom. The van der Waals surface area contributed by atoms with Gasteiger partial charge in [-0.15, -0.1) is 0 Å². The van der Waals surface area contributed by atoms with E-state index in [4.69, 9.17) is 0 Å². The van der Waals surface area contributed by atoms with Gasteiger partial charge in [0.2, 0.25) is 0 Å². The summed E-state index contributed by atoms with van der Waals surface area (Å²) in [7, 11) is 0. The first-order valence-corrected chi connectivity index (χ1v) is 7.84. The van der Waals surface area contributed by atoms with Crippen LogP contribution in [0.2, 0.25) is 0 Å². The zero-order chi connectivity index (χ0) is 17.1. The van der Waals surface area contributed by atoms with E-state index >= 15 is 0 Å². The molecule has 4 rings (SSSR count). The molecule has 0 fully saturated rings. The first-order valence-electron chi connectivity index (χ1n) is 7.84. The van der Waals surface area contributed by atoms with E-state index in [1.807, 2.05) is 54.6 Å². The van der Waals surface area contributed by atoms with Crippen LogP contribution < -0.4 is 5.32 Å². The van der Waals surface area contributed by atoms with Crippen LogP contribution in [0.5, 0.6) is 0 Å². The van der Waals surface area contributed by atoms with Crippen molar-refractivity contribution in [1.29, 1.82) is 0 Å². The molecule has 0 radical (unpaired) electrons. The van der Waals surface area contributed by atoms with Crippen molar-refractivity contribution in [2.45, 2.75) is 0 Å². The monoisotopic (exact) mass is 326 g/mol. The van der Waals surface area contributed by atoms with Gasteiger partial charge in [-0.2, -0.15) is 0 Å². The number of benzene rings is 2. The van der Waals surface area contributed by atoms with Crippen molar-refractivity contribution in [3.63, 3.8) is 0 Å². The van der Waals surface area contributed by atoms with Gasteiger partial charge in [0.1, 0.15) is 0 Å². The molecule has 2 heterocycles. The minimum absolute atomic E-state index is 0.236. The van der Waals surface area contributed by atoms with Crippen LogP contribution in [0, 0.1) is 0 Å². The van der Waals surface area contributed by atoms with E-state index in [1.54, 1.807) is 24.7 Å². The maximum Gasteiger partial charge on any atom is 0.257 e. The molecule has 1 N–H and O–H groups in total. The average Bonchev–Trinajstić information content (AvgIpc) is 2.69. The number of rotatable bonds is 3. The van der Waals surface area contributed by atoms with Gasteiger partial charge < -0.3 is 5.32 Å². The molecule has 25 heavy (non-hydrogen) atoms. The van der Waals surface area contributed by atoms with Crippen molar-refractivity contribution in [3.8, 4) is 11.4 Å². The summed E-state index contributed by atoms with van der Waals surface area (Å²) in [6, 6.07) is 19.0. The van der Waals surface area contributed by atoms with E-state index in [1.165, 1.54) is 0 Å². The van der Waals surface area contributed by atoms with Crippen LogP contribution in [0.25, 0.3) is 22.3 Å². The van der Waals surface area contributed by atoms with Crippen LogP contribution in [0.15, 0.2) is 79.3 Å². The molecule has 0 saturated carbocycles. The van der Waals surface area contributed by atoms with E-state index < -0.39 is 0 Å². The van der Waals surface area contributed by atoms with Gasteiger partial charge in [-0.05, 0) is 12.1 Å². The molecule has 0 unspecified atom stereocenters. The van der Waals surface area contributed by atoms with Crippen LogP contribution >= 0.6 is 0 Å². The van der Waals surface area contributed by atoms with Crippen LogP contribution in [0.3, 0.4) is 0 Å². The average molecular weight is 326 g/mol. The Hall–Kier alpha value is -3.60. The number of aromatic nitrogens is 3. The molecule has 0 spiro atoms. The molecule has 0 aliphatic rings. The topological polar surface area (TPSA) is 67.8 Å². The number of nitrogens with one attached hydrogen (secondary N) is 1. The number of hydrogen-bond acceptors (Lipinski definition) is 4. The molecule has 4 aromatic rings. The van der Waals surface area contributed by atoms with Gasteiger partial charge in [0.25, 0.3) is 5.91 Å². The molecule has 0 aliphatic carbocycles. The van der Waals surface area contributed by atoms with Crippen LogP contribution in [0.1, 0.15) is 10.4 Å². The number of hydrogen-bond donors (Lipinski definition) is 1. The van der Waals surface area contributed by atoms with Crippen molar-refractivity contribution < 1.29 is 4.79 Å². The smallest absolute Gasteiger partial charge is 0.257 e. The summed E-state index contributed by atoms with van der Waals surface area (Å²) in [6.45, 7) is 0. The minimum Gasteiger partial charge on any atom is -0.319 e. The minimum atomic E-state index is -0.236. The molecule has 0 bridgehead atoms. The first-order chi connectivity index (χ1) is 12.3. The van der Waals surface area contributed by atoms with Crippen molar-refractivity contribution in [1.82, 2.24) is 15.0 Å². The number of carbonyl (C=O) groups excluding carboxylic acids is 1. The lowest BCUT2D eigenvalue weighted by Crippen LogP contribution is -2.13. The van der Waals surface area contributed by atoms with E-state index in [0.717, 1.165) is 10.9 Å². The largest absolute Gasteiger partial charge is 0.319 e. The van der Waals surface area contributed by atoms with Crippen molar-refractivity contribution in [3.05, 3.63) is 84.8 Å². The second kappa shape index (κ2) is 6.49. The summed E-state index contributed by atoms with van der Waals surface area (Å²) in [5, 5.41) is 3.75. The SMILES string of the molecule is O=C(Nc1cnc(-c2ccccc2)nc1)c1cccc2cccnc12. The number of pyridine rings is 1. The predicted octanol–water partition coefficient (Wildman–Crippen LogP) is 3.94. The standard InChI is InChI=1S/C20H14N4O/c25-20(17-10-4-8-14-9-5-11-21-18(14)17)24-16-12-22-19(23-13-16)15-6-2-1-3-7-15/h1-13H,(H,24,25). The van der Waals surface area contributed by atoms with Gasteiger partial charge in [-0.3, -0.25) is 9.78 Å². The van der Waals surface area contributed by atoms with Gasteiger partial charge in [0.05, 0.1) is 29.2 Å². The summed E-state index contributed by atoms with van der Waals surface area (Å²) in [5.41, 5.74) is 2.66. The summed E-state index contributed by atoms with van der Waals surface area (Å²) >= 11 is 0. The highest BCUT2D eigenvalue weighted by molar-refractivity contribution is 6.11. The molecule has 120 valence electrons. The van der Waals surface area contributed by atoms with Crippen LogP contribution in [0.4, 0.5) is 5.69 Å². The number of nitrogens with zero attached hydrogens (tertiary/aromatic N) is 3. The molecule has 0 saturated heterocycles. The van der Waals surface area contributed by atoms with E-state index in [2.05, 4.69) is 20.3 Å².